The van der Waals surface area contributed by atoms with Crippen molar-refractivity contribution in [3.05, 3.63) is 41.9 Å². The molecule has 0 spiro atoms. The van der Waals surface area contributed by atoms with E-state index in [1.165, 1.54) is 0 Å². The number of nitrogens with one attached hydrogen (secondary N) is 1. The van der Waals surface area contributed by atoms with Gasteiger partial charge in [-0.25, -0.2) is 4.98 Å². The quantitative estimate of drug-likeness (QED) is 0.852. The van der Waals surface area contributed by atoms with E-state index < -0.39 is 0 Å². The van der Waals surface area contributed by atoms with Gasteiger partial charge in [0.2, 0.25) is 0 Å². The Kier molecular flexibility index (Phi) is 4.81. The smallest absolute Gasteiger partial charge is 0.272 e. The number of hydrogen-bond donors (Lipinski definition) is 1. The van der Waals surface area contributed by atoms with E-state index in [0.29, 0.717) is 30.6 Å². The number of rotatable bonds is 7. The third-order valence-electron chi connectivity index (χ3n) is 3.82. The first-order valence-electron chi connectivity index (χ1n) is 8.11. The molecule has 6 nitrogen and oxygen atoms in total. The Morgan fingerprint density at radius 2 is 2.35 bits per heavy atom. The molecule has 2 aromatic heterocycles. The summed E-state index contributed by atoms with van der Waals surface area (Å²) in [5, 5.41) is 2.96. The molecule has 1 aliphatic heterocycles. The van der Waals surface area contributed by atoms with Crippen LogP contribution >= 0.6 is 0 Å². The molecule has 1 aliphatic rings. The van der Waals surface area contributed by atoms with Crippen molar-refractivity contribution in [2.45, 2.75) is 39.3 Å². The average molecular weight is 317 g/mol. The Bertz CT molecular complexity index is 625. The van der Waals surface area contributed by atoms with Gasteiger partial charge < -0.3 is 19.0 Å². The van der Waals surface area contributed by atoms with Crippen LogP contribution in [0.1, 0.15) is 48.4 Å². The topological polar surface area (TPSA) is 69.3 Å². The molecule has 0 fully saturated rings. The third kappa shape index (κ3) is 3.82. The van der Waals surface area contributed by atoms with E-state index in [-0.39, 0.29) is 11.9 Å². The first-order chi connectivity index (χ1) is 11.1. The van der Waals surface area contributed by atoms with E-state index in [0.717, 1.165) is 25.2 Å². The molecule has 0 radical (unpaired) electrons. The zero-order valence-corrected chi connectivity index (χ0v) is 13.6. The molecule has 3 heterocycles. The molecule has 6 heteroatoms. The second-order valence-electron chi connectivity index (χ2n) is 6.31. The highest BCUT2D eigenvalue weighted by molar-refractivity contribution is 5.92. The van der Waals surface area contributed by atoms with E-state index in [1.807, 2.05) is 22.9 Å². The highest BCUT2D eigenvalue weighted by Gasteiger charge is 2.22. The third-order valence-corrected chi connectivity index (χ3v) is 3.82. The minimum Gasteiger partial charge on any atom is -0.467 e. The van der Waals surface area contributed by atoms with Gasteiger partial charge in [0.05, 0.1) is 12.9 Å². The number of furan rings is 1. The summed E-state index contributed by atoms with van der Waals surface area (Å²) in [6.07, 6.45) is 5.46. The number of aromatic nitrogens is 2. The van der Waals surface area contributed by atoms with Crippen LogP contribution in [0.2, 0.25) is 0 Å². The first-order valence-corrected chi connectivity index (χ1v) is 8.11. The monoisotopic (exact) mass is 317 g/mol. The van der Waals surface area contributed by atoms with Crippen LogP contribution in [0.15, 0.2) is 29.0 Å². The summed E-state index contributed by atoms with van der Waals surface area (Å²) >= 11 is 0. The minimum atomic E-state index is -0.312. The summed E-state index contributed by atoms with van der Waals surface area (Å²) in [6, 6.07) is 3.34. The predicted octanol–water partition coefficient (Wildman–Crippen LogP) is 2.57. The van der Waals surface area contributed by atoms with Gasteiger partial charge in [-0.05, 0) is 24.5 Å². The second kappa shape index (κ2) is 7.00. The van der Waals surface area contributed by atoms with E-state index >= 15 is 0 Å². The highest BCUT2D eigenvalue weighted by Crippen LogP contribution is 2.17. The Morgan fingerprint density at radius 3 is 3.04 bits per heavy atom. The molecule has 124 valence electrons. The van der Waals surface area contributed by atoms with Crippen LogP contribution in [-0.2, 0) is 17.7 Å². The Morgan fingerprint density at radius 1 is 1.48 bits per heavy atom. The van der Waals surface area contributed by atoms with Crippen molar-refractivity contribution in [2.75, 3.05) is 13.2 Å². The molecule has 0 bridgehead atoms. The summed E-state index contributed by atoms with van der Waals surface area (Å²) in [5.41, 5.74) is 0.458. The zero-order valence-electron chi connectivity index (χ0n) is 13.6. The number of carbonyl (C=O) groups is 1. The number of amides is 1. The van der Waals surface area contributed by atoms with Gasteiger partial charge in [0.15, 0.2) is 0 Å². The lowest BCUT2D eigenvalue weighted by molar-refractivity contribution is 0.0727. The highest BCUT2D eigenvalue weighted by atomic mass is 16.5. The van der Waals surface area contributed by atoms with Gasteiger partial charge in [-0.3, -0.25) is 4.79 Å². The van der Waals surface area contributed by atoms with Crippen molar-refractivity contribution in [2.24, 2.45) is 5.92 Å². The number of ether oxygens (including phenoxy) is 1. The molecule has 23 heavy (non-hydrogen) atoms. The number of carbonyl (C=O) groups excluding carboxylic acids is 1. The van der Waals surface area contributed by atoms with E-state index in [1.54, 1.807) is 6.26 Å². The molecular formula is C17H23N3O3. The molecule has 0 saturated carbocycles. The molecule has 0 saturated heterocycles. The van der Waals surface area contributed by atoms with Crippen LogP contribution in [0.5, 0.6) is 0 Å². The molecule has 0 aromatic carbocycles. The minimum absolute atomic E-state index is 0.193. The van der Waals surface area contributed by atoms with E-state index in [9.17, 15) is 4.79 Å². The van der Waals surface area contributed by atoms with Crippen LogP contribution in [0.4, 0.5) is 0 Å². The van der Waals surface area contributed by atoms with Crippen molar-refractivity contribution >= 4 is 5.91 Å². The Hall–Kier alpha value is -2.08. The summed E-state index contributed by atoms with van der Waals surface area (Å²) in [7, 11) is 0. The molecule has 1 atom stereocenters. The number of aryl methyl sites for hydroxylation is 2. The van der Waals surface area contributed by atoms with Gasteiger partial charge in [0.25, 0.3) is 5.91 Å². The molecule has 0 aliphatic carbocycles. The van der Waals surface area contributed by atoms with Gasteiger partial charge in [0, 0.05) is 25.8 Å². The van der Waals surface area contributed by atoms with Gasteiger partial charge in [-0.2, -0.15) is 0 Å². The lowest BCUT2D eigenvalue weighted by Crippen LogP contribution is -2.32. The lowest BCUT2D eigenvalue weighted by atomic mass is 10.2. The molecular weight excluding hydrogens is 294 g/mol. The Labute approximate surface area is 135 Å². The molecule has 1 amide bonds. The molecule has 1 unspecified atom stereocenters. The van der Waals surface area contributed by atoms with Crippen LogP contribution in [0.25, 0.3) is 0 Å². The van der Waals surface area contributed by atoms with Crippen LogP contribution < -0.4 is 5.32 Å². The number of nitrogens with zero attached hydrogens (tertiary/aromatic N) is 2. The van der Waals surface area contributed by atoms with Gasteiger partial charge in [-0.15, -0.1) is 0 Å². The Balaban J connectivity index is 1.65. The first kappa shape index (κ1) is 15.8. The van der Waals surface area contributed by atoms with E-state index in [4.69, 9.17) is 9.15 Å². The standard InChI is InChI=1S/C17H23N3O3/c1-12(2)10-22-11-14(15-5-4-8-23-15)19-17(21)13-9-20-7-3-6-16(20)18-13/h4-5,8-9,12,14H,3,6-7,10-11H2,1-2H3,(H,19,21). The maximum absolute atomic E-state index is 12.5. The molecule has 1 N–H and O–H groups in total. The van der Waals surface area contributed by atoms with Gasteiger partial charge in [-0.1, -0.05) is 13.8 Å². The predicted molar refractivity (Wildman–Crippen MR) is 85.1 cm³/mol. The SMILES string of the molecule is CC(C)COCC(NC(=O)c1cn2c(n1)CCC2)c1ccco1. The van der Waals surface area contributed by atoms with Crippen LogP contribution in [0, 0.1) is 5.92 Å². The van der Waals surface area contributed by atoms with Crippen LogP contribution in [0.3, 0.4) is 0 Å². The largest absolute Gasteiger partial charge is 0.467 e. The fraction of sp³-hybridized carbons (Fsp3) is 0.529. The van der Waals surface area contributed by atoms with Crippen molar-refractivity contribution in [3.8, 4) is 0 Å². The summed E-state index contributed by atoms with van der Waals surface area (Å²) in [6.45, 7) is 6.14. The zero-order chi connectivity index (χ0) is 16.2. The number of imidazole rings is 1. The van der Waals surface area contributed by atoms with Crippen molar-refractivity contribution in [1.82, 2.24) is 14.9 Å². The summed E-state index contributed by atoms with van der Waals surface area (Å²) < 4.78 is 13.2. The average Bonchev–Trinajstić information content (AvgIpc) is 3.22. The fourth-order valence-corrected chi connectivity index (χ4v) is 2.70. The second-order valence-corrected chi connectivity index (χ2v) is 6.31. The van der Waals surface area contributed by atoms with Crippen molar-refractivity contribution in [3.63, 3.8) is 0 Å². The summed E-state index contributed by atoms with van der Waals surface area (Å²) in [4.78, 5) is 16.9. The fourth-order valence-electron chi connectivity index (χ4n) is 2.70. The maximum Gasteiger partial charge on any atom is 0.272 e. The number of hydrogen-bond acceptors (Lipinski definition) is 4. The molecule has 3 rings (SSSR count). The van der Waals surface area contributed by atoms with E-state index in [2.05, 4.69) is 24.1 Å². The van der Waals surface area contributed by atoms with Crippen molar-refractivity contribution in [1.29, 1.82) is 0 Å². The molecule has 2 aromatic rings. The lowest BCUT2D eigenvalue weighted by Gasteiger charge is -2.17. The van der Waals surface area contributed by atoms with Crippen LogP contribution in [-0.4, -0.2) is 28.7 Å². The normalized spacial score (nSPS) is 14.9. The van der Waals surface area contributed by atoms with Crippen molar-refractivity contribution < 1.29 is 13.9 Å². The maximum atomic E-state index is 12.5. The van der Waals surface area contributed by atoms with Gasteiger partial charge >= 0.3 is 0 Å². The van der Waals surface area contributed by atoms with Gasteiger partial charge in [0.1, 0.15) is 23.3 Å². The summed E-state index contributed by atoms with van der Waals surface area (Å²) in [5.74, 6) is 1.93. The number of fused-ring (bicyclic) bond motifs is 1.